The third-order valence-electron chi connectivity index (χ3n) is 9.69. The molecule has 0 spiro atoms. The maximum atomic E-state index is 14.6. The lowest BCUT2D eigenvalue weighted by Crippen LogP contribution is -2.42. The number of sulfonamides is 1. The number of urea groups is 1. The second kappa shape index (κ2) is 14.0. The van der Waals surface area contributed by atoms with Gasteiger partial charge in [-0.15, -0.1) is 0 Å². The quantitative estimate of drug-likeness (QED) is 0.142. The molecule has 14 heteroatoms. The highest BCUT2D eigenvalue weighted by Gasteiger charge is 2.52. The van der Waals surface area contributed by atoms with Gasteiger partial charge in [0.2, 0.25) is 0 Å². The lowest BCUT2D eigenvalue weighted by Gasteiger charge is -2.30. The molecule has 5 N–H and O–H groups in total. The van der Waals surface area contributed by atoms with Crippen molar-refractivity contribution >= 4 is 56.1 Å². The van der Waals surface area contributed by atoms with Crippen molar-refractivity contribution in [1.29, 1.82) is 0 Å². The van der Waals surface area contributed by atoms with Crippen molar-refractivity contribution < 1.29 is 27.5 Å². The van der Waals surface area contributed by atoms with Crippen LogP contribution in [0.5, 0.6) is 11.5 Å². The van der Waals surface area contributed by atoms with Crippen LogP contribution in [0.2, 0.25) is 5.02 Å². The van der Waals surface area contributed by atoms with Gasteiger partial charge in [-0.2, -0.15) is 0 Å². The molecule has 2 heterocycles. The average Bonchev–Trinajstić information content (AvgIpc) is 3.61. The number of hydrogen-bond acceptors (Lipinski definition) is 8. The number of nitrogen functional groups attached to an aromatic ring is 1. The van der Waals surface area contributed by atoms with Crippen LogP contribution in [-0.4, -0.2) is 78.6 Å². The number of amides is 4. The van der Waals surface area contributed by atoms with Crippen LogP contribution in [0.4, 0.5) is 10.5 Å². The first-order valence-corrected chi connectivity index (χ1v) is 18.4. The second-order valence-electron chi connectivity index (χ2n) is 13.3. The van der Waals surface area contributed by atoms with Crippen molar-refractivity contribution in [2.24, 2.45) is 17.6 Å². The van der Waals surface area contributed by atoms with Crippen LogP contribution in [-0.2, 0) is 21.2 Å². The van der Waals surface area contributed by atoms with E-state index in [0.29, 0.717) is 22.1 Å². The van der Waals surface area contributed by atoms with E-state index in [9.17, 15) is 22.8 Å². The Bertz CT molecular complexity index is 2080. The maximum Gasteiger partial charge on any atom is 0.341 e. The number of aromatic amines is 1. The third-order valence-corrected chi connectivity index (χ3v) is 11.8. The fraction of sp³-hybridized carbons (Fsp3) is 0.361. The van der Waals surface area contributed by atoms with E-state index in [-0.39, 0.29) is 51.8 Å². The predicted molar refractivity (Wildman–Crippen MR) is 192 cm³/mol. The zero-order valence-electron chi connectivity index (χ0n) is 28.2. The number of imide groups is 1. The first-order valence-electron chi connectivity index (χ1n) is 16.5. The van der Waals surface area contributed by atoms with E-state index >= 15 is 0 Å². The summed E-state index contributed by atoms with van der Waals surface area (Å²) in [5.74, 6) is -0.499. The molecule has 12 nitrogen and oxygen atoms in total. The number of para-hydroxylation sites is 1. The summed E-state index contributed by atoms with van der Waals surface area (Å²) in [6.45, 7) is 2.57. The fourth-order valence-corrected chi connectivity index (χ4v) is 8.70. The van der Waals surface area contributed by atoms with E-state index < -0.39 is 33.9 Å². The summed E-state index contributed by atoms with van der Waals surface area (Å²) in [5, 5.41) is 1.08. The summed E-state index contributed by atoms with van der Waals surface area (Å²) in [6, 6.07) is 11.8. The van der Waals surface area contributed by atoms with E-state index in [0.717, 1.165) is 47.0 Å². The van der Waals surface area contributed by atoms with Crippen LogP contribution in [0, 0.1) is 18.8 Å². The van der Waals surface area contributed by atoms with Gasteiger partial charge in [-0.1, -0.05) is 36.2 Å². The number of hydrogen-bond donors (Lipinski definition) is 3. The minimum absolute atomic E-state index is 0.00632. The summed E-state index contributed by atoms with van der Waals surface area (Å²) in [4.78, 5) is 47.1. The van der Waals surface area contributed by atoms with Crippen molar-refractivity contribution in [3.63, 3.8) is 0 Å². The van der Waals surface area contributed by atoms with Gasteiger partial charge in [-0.05, 0) is 86.0 Å². The summed E-state index contributed by atoms with van der Waals surface area (Å²) >= 11 is 6.17. The first-order chi connectivity index (χ1) is 23.8. The summed E-state index contributed by atoms with van der Waals surface area (Å²) in [5.41, 5.74) is 14.6. The number of nitrogens with zero attached hydrogens (tertiary/aromatic N) is 3. The van der Waals surface area contributed by atoms with Crippen LogP contribution < -0.4 is 16.2 Å². The summed E-state index contributed by atoms with van der Waals surface area (Å²) in [7, 11) is -1.64. The second-order valence-corrected chi connectivity index (χ2v) is 15.6. The minimum Gasteiger partial charge on any atom is -0.456 e. The predicted octanol–water partition coefficient (Wildman–Crippen LogP) is 5.54. The Hall–Kier alpha value is -4.59. The first kappa shape index (κ1) is 35.2. The number of carbonyl (C=O) groups is 3. The number of rotatable bonds is 10. The summed E-state index contributed by atoms with van der Waals surface area (Å²) in [6.07, 6.45) is 5.17. The average molecular weight is 721 g/mol. The van der Waals surface area contributed by atoms with Gasteiger partial charge in [0.1, 0.15) is 17.5 Å². The van der Waals surface area contributed by atoms with Gasteiger partial charge in [0.15, 0.2) is 0 Å². The van der Waals surface area contributed by atoms with Crippen LogP contribution in [0.1, 0.15) is 47.2 Å². The number of aromatic nitrogens is 1. The standard InChI is InChI=1S/C36H41ClN6O6S/c1-21-6-4-9-27-24(19-40-33(21)27)15-31-35(45)42(20-23-8-5-7-22(14-23)18-38)36(46)43(31)50(47,48)26-11-13-32(28(17-26)34(44)41(2)3)49-25-10-12-30(39)29(37)16-25/h4,6,9-13,16-17,19,22-23,31,40H,5,7-8,14-15,18,20,38-39H2,1-3H3. The molecule has 4 aromatic rings. The summed E-state index contributed by atoms with van der Waals surface area (Å²) < 4.78 is 35.8. The molecule has 50 heavy (non-hydrogen) atoms. The molecular weight excluding hydrogens is 680 g/mol. The Morgan fingerprint density at radius 1 is 1.08 bits per heavy atom. The number of carbonyl (C=O) groups excluding carboxylic acids is 3. The van der Waals surface area contributed by atoms with Crippen LogP contribution in [0.25, 0.3) is 10.9 Å². The van der Waals surface area contributed by atoms with Gasteiger partial charge in [0.25, 0.3) is 21.8 Å². The van der Waals surface area contributed by atoms with Crippen molar-refractivity contribution in [3.05, 3.63) is 82.5 Å². The number of fused-ring (bicyclic) bond motifs is 1. The van der Waals surface area contributed by atoms with Gasteiger partial charge < -0.3 is 26.1 Å². The van der Waals surface area contributed by atoms with Gasteiger partial charge in [0, 0.05) is 50.2 Å². The molecule has 3 atom stereocenters. The largest absolute Gasteiger partial charge is 0.456 e. The Labute approximate surface area is 296 Å². The Balaban J connectivity index is 1.40. The highest BCUT2D eigenvalue weighted by atomic mass is 35.5. The Kier molecular flexibility index (Phi) is 9.84. The number of benzene rings is 3. The molecule has 1 aliphatic heterocycles. The minimum atomic E-state index is -4.68. The molecule has 0 bridgehead atoms. The van der Waals surface area contributed by atoms with E-state index in [1.807, 2.05) is 25.1 Å². The molecule has 2 aliphatic rings. The normalized spacial score (nSPS) is 19.7. The zero-order chi connectivity index (χ0) is 35.9. The van der Waals surface area contributed by atoms with E-state index in [2.05, 4.69) is 4.98 Å². The highest BCUT2D eigenvalue weighted by molar-refractivity contribution is 7.89. The number of halogens is 1. The van der Waals surface area contributed by atoms with Crippen LogP contribution in [0.15, 0.2) is 65.7 Å². The molecule has 1 saturated heterocycles. The molecule has 3 aromatic carbocycles. The smallest absolute Gasteiger partial charge is 0.341 e. The third kappa shape index (κ3) is 6.64. The van der Waals surface area contributed by atoms with Gasteiger partial charge in [-0.3, -0.25) is 14.5 Å². The molecule has 1 aliphatic carbocycles. The van der Waals surface area contributed by atoms with Gasteiger partial charge in [-0.25, -0.2) is 17.5 Å². The number of nitrogens with two attached hydrogens (primary N) is 2. The number of ether oxygens (including phenoxy) is 1. The molecular formula is C36H41ClN6O6S. The molecule has 1 aromatic heterocycles. The SMILES string of the molecule is Cc1cccc2c(CC3C(=O)N(CC4CCCC(CN)C4)C(=O)N3S(=O)(=O)c3ccc(Oc4ccc(N)c(Cl)c4)c(C(=O)N(C)C)c3)c[nH]c12. The molecule has 6 rings (SSSR count). The topological polar surface area (TPSA) is 172 Å². The van der Waals surface area contributed by atoms with Crippen LogP contribution >= 0.6 is 11.6 Å². The molecule has 4 amide bonds. The van der Waals surface area contributed by atoms with Crippen molar-refractivity contribution in [1.82, 2.24) is 19.1 Å². The Morgan fingerprint density at radius 2 is 1.84 bits per heavy atom. The molecule has 2 fully saturated rings. The lowest BCUT2D eigenvalue weighted by molar-refractivity contribution is -0.128. The highest BCUT2D eigenvalue weighted by Crippen LogP contribution is 2.37. The molecule has 3 unspecified atom stereocenters. The lowest BCUT2D eigenvalue weighted by atomic mass is 9.81. The number of nitrogens with one attached hydrogen (secondary N) is 1. The molecule has 0 radical (unpaired) electrons. The van der Waals surface area contributed by atoms with Crippen molar-refractivity contribution in [2.75, 3.05) is 32.9 Å². The Morgan fingerprint density at radius 3 is 2.56 bits per heavy atom. The number of anilines is 1. The van der Waals surface area contributed by atoms with Gasteiger partial charge in [0.05, 0.1) is 21.2 Å². The van der Waals surface area contributed by atoms with Gasteiger partial charge >= 0.3 is 6.03 Å². The van der Waals surface area contributed by atoms with E-state index in [4.69, 9.17) is 27.8 Å². The zero-order valence-corrected chi connectivity index (χ0v) is 29.8. The fourth-order valence-electron chi connectivity index (χ4n) is 7.00. The molecule has 1 saturated carbocycles. The molecule has 264 valence electrons. The number of aryl methyl sites for hydroxylation is 1. The van der Waals surface area contributed by atoms with Crippen LogP contribution in [0.3, 0.4) is 0 Å². The monoisotopic (exact) mass is 720 g/mol. The van der Waals surface area contributed by atoms with E-state index in [1.165, 1.54) is 43.3 Å². The van der Waals surface area contributed by atoms with E-state index in [1.54, 1.807) is 18.3 Å². The van der Waals surface area contributed by atoms with Crippen molar-refractivity contribution in [3.8, 4) is 11.5 Å². The van der Waals surface area contributed by atoms with Crippen molar-refractivity contribution in [2.45, 2.75) is 50.0 Å². The maximum absolute atomic E-state index is 14.6. The number of H-pyrrole nitrogens is 1.